The fourth-order valence-corrected chi connectivity index (χ4v) is 4.27. The van der Waals surface area contributed by atoms with Crippen molar-refractivity contribution in [3.05, 3.63) is 65.2 Å². The molecule has 0 bridgehead atoms. The summed E-state index contributed by atoms with van der Waals surface area (Å²) in [5, 5.41) is 3.02. The largest absolute Gasteiger partial charge is 0.497 e. The number of piperazine rings is 1. The molecule has 0 N–H and O–H groups in total. The number of methoxy groups -OCH3 is 1. The lowest BCUT2D eigenvalue weighted by atomic mass is 10.2. The molecular formula is C23H23F2N3O3S. The van der Waals surface area contributed by atoms with Crippen LogP contribution in [0.3, 0.4) is 0 Å². The van der Waals surface area contributed by atoms with Crippen molar-refractivity contribution in [1.29, 1.82) is 0 Å². The Kier molecular flexibility index (Phi) is 6.96. The second-order valence-electron chi connectivity index (χ2n) is 7.39. The first kappa shape index (κ1) is 22.2. The van der Waals surface area contributed by atoms with E-state index in [2.05, 4.69) is 10.3 Å². The Morgan fingerprint density at radius 2 is 1.84 bits per heavy atom. The Morgan fingerprint density at radius 1 is 1.09 bits per heavy atom. The van der Waals surface area contributed by atoms with Crippen molar-refractivity contribution in [1.82, 2.24) is 14.8 Å². The molecule has 1 saturated heterocycles. The summed E-state index contributed by atoms with van der Waals surface area (Å²) in [6, 6.07) is 10.8. The molecule has 0 aliphatic carbocycles. The molecule has 0 atom stereocenters. The predicted molar refractivity (Wildman–Crippen MR) is 118 cm³/mol. The standard InChI is InChI=1S/C23H23F2N3O3S/c1-30-19-5-2-16(3-6-19)23-26-18(15-32-23)13-27-8-10-28(11-9-27)22(29)14-31-21-7-4-17(24)12-20(21)25/h2-7,12,15H,8-11,13-14H2,1H3. The molecule has 0 saturated carbocycles. The van der Waals surface area contributed by atoms with Crippen molar-refractivity contribution in [2.45, 2.75) is 6.54 Å². The molecule has 9 heteroatoms. The molecule has 1 aliphatic heterocycles. The van der Waals surface area contributed by atoms with E-state index in [4.69, 9.17) is 14.5 Å². The molecule has 168 valence electrons. The van der Waals surface area contributed by atoms with Crippen LogP contribution in [0.15, 0.2) is 47.8 Å². The summed E-state index contributed by atoms with van der Waals surface area (Å²) < 4.78 is 37.0. The van der Waals surface area contributed by atoms with Crippen LogP contribution in [0, 0.1) is 11.6 Å². The van der Waals surface area contributed by atoms with E-state index in [-0.39, 0.29) is 18.3 Å². The van der Waals surface area contributed by atoms with Gasteiger partial charge in [0, 0.05) is 49.7 Å². The zero-order valence-electron chi connectivity index (χ0n) is 17.6. The van der Waals surface area contributed by atoms with E-state index < -0.39 is 11.6 Å². The fourth-order valence-electron chi connectivity index (χ4n) is 3.45. The van der Waals surface area contributed by atoms with Gasteiger partial charge in [-0.25, -0.2) is 13.8 Å². The van der Waals surface area contributed by atoms with E-state index in [0.29, 0.717) is 32.7 Å². The third-order valence-electron chi connectivity index (χ3n) is 5.24. The van der Waals surface area contributed by atoms with Crippen LogP contribution in [0.1, 0.15) is 5.69 Å². The molecule has 1 aromatic heterocycles. The average Bonchev–Trinajstić information content (AvgIpc) is 3.27. The maximum absolute atomic E-state index is 13.6. The number of halogens is 2. The molecule has 4 rings (SSSR count). The van der Waals surface area contributed by atoms with E-state index in [1.807, 2.05) is 24.3 Å². The van der Waals surface area contributed by atoms with E-state index in [1.165, 1.54) is 6.07 Å². The zero-order valence-corrected chi connectivity index (χ0v) is 18.4. The highest BCUT2D eigenvalue weighted by molar-refractivity contribution is 7.13. The maximum atomic E-state index is 13.6. The SMILES string of the molecule is COc1ccc(-c2nc(CN3CCN(C(=O)COc4ccc(F)cc4F)CC3)cs2)cc1. The number of carbonyl (C=O) groups excluding carboxylic acids is 1. The molecule has 0 spiro atoms. The fraction of sp³-hybridized carbons (Fsp3) is 0.304. The van der Waals surface area contributed by atoms with Gasteiger partial charge >= 0.3 is 0 Å². The summed E-state index contributed by atoms with van der Waals surface area (Å²) in [7, 11) is 1.64. The summed E-state index contributed by atoms with van der Waals surface area (Å²) >= 11 is 1.60. The van der Waals surface area contributed by atoms with E-state index in [0.717, 1.165) is 34.1 Å². The smallest absolute Gasteiger partial charge is 0.260 e. The highest BCUT2D eigenvalue weighted by Gasteiger charge is 2.22. The summed E-state index contributed by atoms with van der Waals surface area (Å²) in [4.78, 5) is 21.1. The van der Waals surface area contributed by atoms with Crippen molar-refractivity contribution < 1.29 is 23.0 Å². The van der Waals surface area contributed by atoms with Crippen molar-refractivity contribution in [2.24, 2.45) is 0 Å². The van der Waals surface area contributed by atoms with Crippen LogP contribution in [-0.2, 0) is 11.3 Å². The van der Waals surface area contributed by atoms with E-state index in [1.54, 1.807) is 23.3 Å². The summed E-state index contributed by atoms with van der Waals surface area (Å²) in [5.74, 6) is -1.04. The van der Waals surface area contributed by atoms with Gasteiger partial charge in [-0.15, -0.1) is 11.3 Å². The molecule has 2 aromatic carbocycles. The Morgan fingerprint density at radius 3 is 2.53 bits per heavy atom. The van der Waals surface area contributed by atoms with Gasteiger partial charge < -0.3 is 14.4 Å². The molecule has 2 heterocycles. The Hall–Kier alpha value is -3.04. The molecule has 6 nitrogen and oxygen atoms in total. The molecular weight excluding hydrogens is 436 g/mol. The number of aromatic nitrogens is 1. The van der Waals surface area contributed by atoms with Gasteiger partial charge in [-0.3, -0.25) is 9.69 Å². The number of nitrogens with zero attached hydrogens (tertiary/aromatic N) is 3. The molecule has 3 aromatic rings. The van der Waals surface area contributed by atoms with Crippen LogP contribution in [0.5, 0.6) is 11.5 Å². The topological polar surface area (TPSA) is 54.9 Å². The quantitative estimate of drug-likeness (QED) is 0.538. The predicted octanol–water partition coefficient (Wildman–Crippen LogP) is 3.82. The first-order valence-electron chi connectivity index (χ1n) is 10.2. The first-order valence-corrected chi connectivity index (χ1v) is 11.1. The van der Waals surface area contributed by atoms with Gasteiger partial charge in [-0.2, -0.15) is 0 Å². The monoisotopic (exact) mass is 459 g/mol. The van der Waals surface area contributed by atoms with Gasteiger partial charge in [0.05, 0.1) is 12.8 Å². The number of ether oxygens (including phenoxy) is 2. The van der Waals surface area contributed by atoms with Crippen LogP contribution in [0.4, 0.5) is 8.78 Å². The summed E-state index contributed by atoms with van der Waals surface area (Å²) in [6.45, 7) is 2.98. The van der Waals surface area contributed by atoms with Crippen LogP contribution in [0.25, 0.3) is 10.6 Å². The number of carbonyl (C=O) groups is 1. The zero-order chi connectivity index (χ0) is 22.5. The number of thiazole rings is 1. The average molecular weight is 460 g/mol. The third kappa shape index (κ3) is 5.41. The number of benzene rings is 2. The molecule has 1 amide bonds. The van der Waals surface area contributed by atoms with Crippen LogP contribution < -0.4 is 9.47 Å². The number of rotatable bonds is 7. The number of hydrogen-bond acceptors (Lipinski definition) is 6. The summed E-state index contributed by atoms with van der Waals surface area (Å²) in [6.07, 6.45) is 0. The number of amides is 1. The van der Waals surface area contributed by atoms with Gasteiger partial charge in [0.25, 0.3) is 5.91 Å². The van der Waals surface area contributed by atoms with Gasteiger partial charge in [0.15, 0.2) is 18.2 Å². The van der Waals surface area contributed by atoms with Gasteiger partial charge in [-0.05, 0) is 36.4 Å². The minimum Gasteiger partial charge on any atom is -0.497 e. The molecule has 1 fully saturated rings. The Bertz CT molecular complexity index is 1070. The minimum atomic E-state index is -0.820. The molecule has 1 aliphatic rings. The molecule has 0 radical (unpaired) electrons. The van der Waals surface area contributed by atoms with Gasteiger partial charge in [0.2, 0.25) is 0 Å². The third-order valence-corrected chi connectivity index (χ3v) is 6.18. The second kappa shape index (κ2) is 10.1. The lowest BCUT2D eigenvalue weighted by Gasteiger charge is -2.34. The summed E-state index contributed by atoms with van der Waals surface area (Å²) in [5.41, 5.74) is 2.05. The first-order chi connectivity index (χ1) is 15.5. The van der Waals surface area contributed by atoms with Crippen molar-refractivity contribution in [2.75, 3.05) is 39.9 Å². The lowest BCUT2D eigenvalue weighted by Crippen LogP contribution is -2.49. The molecule has 0 unspecified atom stereocenters. The molecule has 32 heavy (non-hydrogen) atoms. The normalized spacial score (nSPS) is 14.4. The van der Waals surface area contributed by atoms with Gasteiger partial charge in [0.1, 0.15) is 16.6 Å². The van der Waals surface area contributed by atoms with Crippen LogP contribution in [-0.4, -0.2) is 60.6 Å². The number of hydrogen-bond donors (Lipinski definition) is 0. The van der Waals surface area contributed by atoms with Gasteiger partial charge in [-0.1, -0.05) is 0 Å². The highest BCUT2D eigenvalue weighted by atomic mass is 32.1. The van der Waals surface area contributed by atoms with Crippen LogP contribution in [0.2, 0.25) is 0 Å². The van der Waals surface area contributed by atoms with Crippen molar-refractivity contribution in [3.63, 3.8) is 0 Å². The van der Waals surface area contributed by atoms with E-state index in [9.17, 15) is 13.6 Å². The highest BCUT2D eigenvalue weighted by Crippen LogP contribution is 2.26. The maximum Gasteiger partial charge on any atom is 0.260 e. The minimum absolute atomic E-state index is 0.130. The second-order valence-corrected chi connectivity index (χ2v) is 8.25. The lowest BCUT2D eigenvalue weighted by molar-refractivity contribution is -0.135. The Balaban J connectivity index is 1.25. The van der Waals surface area contributed by atoms with Crippen molar-refractivity contribution in [3.8, 4) is 22.1 Å². The van der Waals surface area contributed by atoms with E-state index >= 15 is 0 Å². The Labute approximate surface area is 189 Å². The van der Waals surface area contributed by atoms with Crippen LogP contribution >= 0.6 is 11.3 Å². The van der Waals surface area contributed by atoms with Crippen molar-refractivity contribution >= 4 is 17.2 Å².